The Balaban J connectivity index is 1.37. The number of amides is 2. The summed E-state index contributed by atoms with van der Waals surface area (Å²) in [6.45, 7) is 4.67. The molecule has 2 aromatic rings. The van der Waals surface area contributed by atoms with Gasteiger partial charge in [-0.05, 0) is 38.2 Å². The van der Waals surface area contributed by atoms with E-state index < -0.39 is 6.04 Å². The molecule has 3 saturated heterocycles. The van der Waals surface area contributed by atoms with Crippen LogP contribution < -0.4 is 10.2 Å². The van der Waals surface area contributed by atoms with Crippen LogP contribution >= 0.6 is 0 Å². The first-order chi connectivity index (χ1) is 15.1. The highest BCUT2D eigenvalue weighted by atomic mass is 16.2. The van der Waals surface area contributed by atoms with Crippen molar-refractivity contribution < 1.29 is 9.59 Å². The van der Waals surface area contributed by atoms with Crippen molar-refractivity contribution in [2.75, 3.05) is 24.5 Å². The van der Waals surface area contributed by atoms with Crippen LogP contribution in [0, 0.1) is 18.8 Å². The zero-order chi connectivity index (χ0) is 21.4. The average molecular weight is 424 g/mol. The molecule has 3 aliphatic heterocycles. The molecule has 1 N–H and O–H groups in total. The summed E-state index contributed by atoms with van der Waals surface area (Å²) >= 11 is 0. The summed E-state index contributed by atoms with van der Waals surface area (Å²) in [7, 11) is 0. The second-order valence-electron chi connectivity index (χ2n) is 8.94. The van der Waals surface area contributed by atoms with Crippen molar-refractivity contribution in [2.45, 2.75) is 51.2 Å². The summed E-state index contributed by atoms with van der Waals surface area (Å²) in [5.74, 6) is 1.46. The van der Waals surface area contributed by atoms with Gasteiger partial charge < -0.3 is 15.1 Å². The highest BCUT2D eigenvalue weighted by Gasteiger charge is 2.52. The lowest BCUT2D eigenvalue weighted by Gasteiger charge is -2.56. The maximum Gasteiger partial charge on any atom is 0.243 e. The number of rotatable bonds is 5. The predicted octanol–water partition coefficient (Wildman–Crippen LogP) is 1.00. The summed E-state index contributed by atoms with van der Waals surface area (Å²) in [6.07, 6.45) is 8.60. The quantitative estimate of drug-likeness (QED) is 0.771. The van der Waals surface area contributed by atoms with Gasteiger partial charge in [0, 0.05) is 62.2 Å². The van der Waals surface area contributed by atoms with Gasteiger partial charge in [0.05, 0.1) is 6.54 Å². The monoisotopic (exact) mass is 423 g/mol. The standard InChI is InChI=1S/C22H29N7O2/c1-15-10-19(25-14-24-15)27-12-16-11-17(13-27)21(29-18(16)4-2-5-20(29)30)22(31)23-7-9-28-8-3-6-26-28/h3,6,8,10,14,16-18,21H,2,4-5,7,9,11-13H2,1H3,(H,23,31)/t16-,17+,18+,21-/m1/s1. The molecule has 0 aromatic carbocycles. The number of anilines is 1. The third-order valence-corrected chi connectivity index (χ3v) is 6.92. The molecule has 9 nitrogen and oxygen atoms in total. The first kappa shape index (κ1) is 20.0. The Bertz CT molecular complexity index is 947. The van der Waals surface area contributed by atoms with Crippen LogP contribution in [0.3, 0.4) is 0 Å². The summed E-state index contributed by atoms with van der Waals surface area (Å²) in [5.41, 5.74) is 0.933. The molecule has 0 unspecified atom stereocenters. The normalized spacial score (nSPS) is 27.7. The topological polar surface area (TPSA) is 96.2 Å². The van der Waals surface area contributed by atoms with Crippen LogP contribution in [0.1, 0.15) is 31.4 Å². The van der Waals surface area contributed by atoms with Gasteiger partial charge in [0.1, 0.15) is 18.2 Å². The van der Waals surface area contributed by atoms with Crippen LogP contribution in [0.5, 0.6) is 0 Å². The van der Waals surface area contributed by atoms with Gasteiger partial charge in [-0.25, -0.2) is 9.97 Å². The first-order valence-corrected chi connectivity index (χ1v) is 11.2. The van der Waals surface area contributed by atoms with E-state index in [1.807, 2.05) is 30.2 Å². The fourth-order valence-electron chi connectivity index (χ4n) is 5.62. The largest absolute Gasteiger partial charge is 0.356 e. The van der Waals surface area contributed by atoms with E-state index in [9.17, 15) is 9.59 Å². The number of aryl methyl sites for hydroxylation is 1. The number of fused-ring (bicyclic) bond motifs is 4. The molecule has 9 heteroatoms. The SMILES string of the molecule is Cc1cc(N2C[C@H]3C[C@@H](C2)[C@H](C(=O)NCCn2cccn2)N2C(=O)CCC[C@@H]32)ncn1. The fraction of sp³-hybridized carbons (Fsp3) is 0.591. The van der Waals surface area contributed by atoms with Crippen molar-refractivity contribution in [3.63, 3.8) is 0 Å². The second kappa shape index (κ2) is 8.28. The van der Waals surface area contributed by atoms with Crippen LogP contribution in [0.25, 0.3) is 0 Å². The Morgan fingerprint density at radius 1 is 1.26 bits per heavy atom. The number of carbonyl (C=O) groups excluding carboxylic acids is 2. The summed E-state index contributed by atoms with van der Waals surface area (Å²) in [6, 6.07) is 3.58. The van der Waals surface area contributed by atoms with E-state index in [2.05, 4.69) is 25.3 Å². The van der Waals surface area contributed by atoms with Gasteiger partial charge in [0.25, 0.3) is 0 Å². The van der Waals surface area contributed by atoms with Gasteiger partial charge in [-0.3, -0.25) is 14.3 Å². The predicted molar refractivity (Wildman–Crippen MR) is 114 cm³/mol. The highest BCUT2D eigenvalue weighted by molar-refractivity contribution is 5.89. The Hall–Kier alpha value is -2.97. The van der Waals surface area contributed by atoms with E-state index in [0.29, 0.717) is 25.4 Å². The summed E-state index contributed by atoms with van der Waals surface area (Å²) < 4.78 is 1.80. The van der Waals surface area contributed by atoms with E-state index in [1.54, 1.807) is 17.2 Å². The third kappa shape index (κ3) is 3.88. The Morgan fingerprint density at radius 3 is 2.94 bits per heavy atom. The number of carbonyl (C=O) groups is 2. The smallest absolute Gasteiger partial charge is 0.243 e. The number of nitrogens with one attached hydrogen (secondary N) is 1. The number of piperidine rings is 3. The molecule has 0 spiro atoms. The Kier molecular flexibility index (Phi) is 5.33. The van der Waals surface area contributed by atoms with Crippen molar-refractivity contribution in [1.82, 2.24) is 30.0 Å². The van der Waals surface area contributed by atoms with E-state index in [4.69, 9.17) is 0 Å². The molecule has 31 heavy (non-hydrogen) atoms. The van der Waals surface area contributed by atoms with Gasteiger partial charge >= 0.3 is 0 Å². The minimum atomic E-state index is -0.419. The molecule has 3 aliphatic rings. The van der Waals surface area contributed by atoms with E-state index in [1.165, 1.54) is 0 Å². The molecule has 5 rings (SSSR count). The van der Waals surface area contributed by atoms with Gasteiger partial charge in [0.2, 0.25) is 11.8 Å². The molecule has 2 bridgehead atoms. The molecule has 3 fully saturated rings. The minimum Gasteiger partial charge on any atom is -0.356 e. The molecule has 0 radical (unpaired) electrons. The highest BCUT2D eigenvalue weighted by Crippen LogP contribution is 2.42. The lowest BCUT2D eigenvalue weighted by Crippen LogP contribution is -2.68. The average Bonchev–Trinajstić information content (AvgIpc) is 3.28. The molecular formula is C22H29N7O2. The van der Waals surface area contributed by atoms with Crippen LogP contribution in [0.4, 0.5) is 5.82 Å². The van der Waals surface area contributed by atoms with Crippen LogP contribution in [0.15, 0.2) is 30.9 Å². The van der Waals surface area contributed by atoms with Crippen molar-refractivity contribution in [3.8, 4) is 0 Å². The summed E-state index contributed by atoms with van der Waals surface area (Å²) in [5, 5.41) is 7.26. The van der Waals surface area contributed by atoms with Gasteiger partial charge in [-0.15, -0.1) is 0 Å². The van der Waals surface area contributed by atoms with Crippen LogP contribution in [-0.2, 0) is 16.1 Å². The molecule has 0 aliphatic carbocycles. The third-order valence-electron chi connectivity index (χ3n) is 6.92. The molecular weight excluding hydrogens is 394 g/mol. The molecule has 0 saturated carbocycles. The second-order valence-corrected chi connectivity index (χ2v) is 8.94. The van der Waals surface area contributed by atoms with Crippen molar-refractivity contribution in [3.05, 3.63) is 36.5 Å². The lowest BCUT2D eigenvalue weighted by molar-refractivity contribution is -0.156. The zero-order valence-corrected chi connectivity index (χ0v) is 17.9. The molecule has 2 aromatic heterocycles. The Labute approximate surface area is 181 Å². The maximum atomic E-state index is 13.3. The number of aromatic nitrogens is 4. The van der Waals surface area contributed by atoms with Gasteiger partial charge in [0.15, 0.2) is 0 Å². The lowest BCUT2D eigenvalue weighted by atomic mass is 9.71. The van der Waals surface area contributed by atoms with Crippen LogP contribution in [-0.4, -0.2) is 68.2 Å². The van der Waals surface area contributed by atoms with E-state index in [0.717, 1.165) is 43.9 Å². The van der Waals surface area contributed by atoms with Crippen molar-refractivity contribution >= 4 is 17.6 Å². The molecule has 2 amide bonds. The van der Waals surface area contributed by atoms with Gasteiger partial charge in [-0.2, -0.15) is 5.10 Å². The number of hydrogen-bond acceptors (Lipinski definition) is 6. The van der Waals surface area contributed by atoms with E-state index in [-0.39, 0.29) is 23.8 Å². The summed E-state index contributed by atoms with van der Waals surface area (Å²) in [4.78, 5) is 39.2. The van der Waals surface area contributed by atoms with E-state index >= 15 is 0 Å². The molecule has 164 valence electrons. The molecule has 4 atom stereocenters. The van der Waals surface area contributed by atoms with Crippen molar-refractivity contribution in [1.29, 1.82) is 0 Å². The number of nitrogens with zero attached hydrogens (tertiary/aromatic N) is 6. The van der Waals surface area contributed by atoms with Gasteiger partial charge in [-0.1, -0.05) is 0 Å². The fourth-order valence-corrected chi connectivity index (χ4v) is 5.62. The minimum absolute atomic E-state index is 0.0448. The maximum absolute atomic E-state index is 13.3. The van der Waals surface area contributed by atoms with Crippen LogP contribution in [0.2, 0.25) is 0 Å². The zero-order valence-electron chi connectivity index (χ0n) is 17.9. The number of hydrogen-bond donors (Lipinski definition) is 1. The molecule has 5 heterocycles. The first-order valence-electron chi connectivity index (χ1n) is 11.2. The Morgan fingerprint density at radius 2 is 2.13 bits per heavy atom. The van der Waals surface area contributed by atoms with Crippen molar-refractivity contribution in [2.24, 2.45) is 11.8 Å².